The normalized spacial score (nSPS) is 29.6. The molecule has 2 atom stereocenters. The smallest absolute Gasteiger partial charge is 0.0963 e. The minimum Gasteiger partial charge on any atom is -0.375 e. The van der Waals surface area contributed by atoms with Crippen LogP contribution in [0.25, 0.3) is 0 Å². The molecule has 1 aliphatic heterocycles. The van der Waals surface area contributed by atoms with E-state index in [2.05, 4.69) is 11.9 Å². The minimum absolute atomic E-state index is 0.293. The number of unbranched alkanes of at least 4 members (excludes halogenated alkanes) is 1. The Kier molecular flexibility index (Phi) is 3.57. The topological polar surface area (TPSA) is 21.6 Å². The van der Waals surface area contributed by atoms with Gasteiger partial charge in [0.25, 0.3) is 0 Å². The lowest BCUT2D eigenvalue weighted by Crippen LogP contribution is -2.20. The van der Waals surface area contributed by atoms with E-state index in [-0.39, 0.29) is 0 Å². The van der Waals surface area contributed by atoms with Crippen molar-refractivity contribution in [2.24, 2.45) is 10.9 Å². The number of hydrogen-bond donors (Lipinski definition) is 0. The molecule has 0 aliphatic carbocycles. The molecule has 0 aromatic carbocycles. The largest absolute Gasteiger partial charge is 0.375 e. The summed E-state index contributed by atoms with van der Waals surface area (Å²) >= 11 is 0. The molecule has 0 aromatic heterocycles. The molecule has 1 rings (SSSR count). The van der Waals surface area contributed by atoms with Crippen LogP contribution in [0.1, 0.15) is 26.2 Å². The molecule has 2 nitrogen and oxygen atoms in total. The van der Waals surface area contributed by atoms with Crippen LogP contribution >= 0.6 is 0 Å². The number of ether oxygens (including phenoxy) is 1. The first kappa shape index (κ1) is 8.72. The van der Waals surface area contributed by atoms with Gasteiger partial charge in [0.1, 0.15) is 0 Å². The molecule has 0 spiro atoms. The van der Waals surface area contributed by atoms with Gasteiger partial charge in [0.2, 0.25) is 0 Å². The van der Waals surface area contributed by atoms with Gasteiger partial charge in [-0.2, -0.15) is 0 Å². The van der Waals surface area contributed by atoms with Crippen molar-refractivity contribution in [3.63, 3.8) is 0 Å². The lowest BCUT2D eigenvalue weighted by atomic mass is 9.99. The van der Waals surface area contributed by atoms with Crippen molar-refractivity contribution in [1.82, 2.24) is 0 Å². The number of rotatable bonds is 4. The average molecular weight is 155 g/mol. The molecular weight excluding hydrogens is 138 g/mol. The van der Waals surface area contributed by atoms with Crippen molar-refractivity contribution in [1.29, 1.82) is 0 Å². The fourth-order valence-electron chi connectivity index (χ4n) is 1.50. The summed E-state index contributed by atoms with van der Waals surface area (Å²) in [7, 11) is 1.76. The van der Waals surface area contributed by atoms with Gasteiger partial charge in [-0.1, -0.05) is 19.8 Å². The van der Waals surface area contributed by atoms with Crippen molar-refractivity contribution < 1.29 is 4.74 Å². The molecule has 2 heteroatoms. The van der Waals surface area contributed by atoms with Crippen LogP contribution < -0.4 is 0 Å². The first-order valence-corrected chi connectivity index (χ1v) is 4.41. The SMILES string of the molecule is CCCCC1CN=CC1OC. The predicted octanol–water partition coefficient (Wildman–Crippen LogP) is 1.89. The molecule has 11 heavy (non-hydrogen) atoms. The summed E-state index contributed by atoms with van der Waals surface area (Å²) in [6.07, 6.45) is 6.07. The Morgan fingerprint density at radius 1 is 1.64 bits per heavy atom. The Morgan fingerprint density at radius 3 is 3.09 bits per heavy atom. The Bertz CT molecular complexity index is 134. The molecule has 2 unspecified atom stereocenters. The van der Waals surface area contributed by atoms with E-state index in [4.69, 9.17) is 4.74 Å². The van der Waals surface area contributed by atoms with Crippen LogP contribution in [0.5, 0.6) is 0 Å². The third kappa shape index (κ3) is 2.29. The summed E-state index contributed by atoms with van der Waals surface area (Å²) in [4.78, 5) is 4.22. The van der Waals surface area contributed by atoms with Crippen molar-refractivity contribution in [2.45, 2.75) is 32.3 Å². The summed E-state index contributed by atoms with van der Waals surface area (Å²) < 4.78 is 5.27. The van der Waals surface area contributed by atoms with Crippen molar-refractivity contribution in [2.75, 3.05) is 13.7 Å². The first-order chi connectivity index (χ1) is 5.38. The molecule has 0 amide bonds. The summed E-state index contributed by atoms with van der Waals surface area (Å²) in [5.74, 6) is 0.653. The van der Waals surface area contributed by atoms with Gasteiger partial charge in [-0.3, -0.25) is 4.99 Å². The Hall–Kier alpha value is -0.370. The monoisotopic (exact) mass is 155 g/mol. The quantitative estimate of drug-likeness (QED) is 0.607. The van der Waals surface area contributed by atoms with E-state index >= 15 is 0 Å². The van der Waals surface area contributed by atoms with Crippen molar-refractivity contribution >= 4 is 6.21 Å². The lowest BCUT2D eigenvalue weighted by Gasteiger charge is -2.15. The van der Waals surface area contributed by atoms with E-state index in [9.17, 15) is 0 Å². The van der Waals surface area contributed by atoms with Crippen LogP contribution in [0.15, 0.2) is 4.99 Å². The first-order valence-electron chi connectivity index (χ1n) is 4.41. The maximum Gasteiger partial charge on any atom is 0.0963 e. The average Bonchev–Trinajstić information content (AvgIpc) is 2.47. The van der Waals surface area contributed by atoms with Gasteiger partial charge in [-0.05, 0) is 6.42 Å². The Morgan fingerprint density at radius 2 is 2.45 bits per heavy atom. The van der Waals surface area contributed by atoms with Gasteiger partial charge in [0.05, 0.1) is 6.10 Å². The third-order valence-electron chi connectivity index (χ3n) is 2.26. The van der Waals surface area contributed by atoms with Gasteiger partial charge in [0, 0.05) is 25.8 Å². The van der Waals surface area contributed by atoms with E-state index in [1.54, 1.807) is 7.11 Å². The maximum absolute atomic E-state index is 5.27. The van der Waals surface area contributed by atoms with E-state index in [0.29, 0.717) is 12.0 Å². The Labute approximate surface area is 68.7 Å². The fraction of sp³-hybridized carbons (Fsp3) is 0.889. The van der Waals surface area contributed by atoms with Crippen LogP contribution in [-0.4, -0.2) is 26.0 Å². The second kappa shape index (κ2) is 4.50. The molecule has 0 bridgehead atoms. The molecule has 1 aliphatic rings. The number of hydrogen-bond acceptors (Lipinski definition) is 2. The van der Waals surface area contributed by atoms with E-state index < -0.39 is 0 Å². The second-order valence-corrected chi connectivity index (χ2v) is 3.12. The molecular formula is C9H17NO. The van der Waals surface area contributed by atoms with E-state index in [1.165, 1.54) is 19.3 Å². The zero-order valence-corrected chi connectivity index (χ0v) is 7.42. The standard InChI is InChI=1S/C9H17NO/c1-3-4-5-8-6-10-7-9(8)11-2/h7-9H,3-6H2,1-2H3. The minimum atomic E-state index is 0.293. The number of aliphatic imine (C=N–C) groups is 1. The summed E-state index contributed by atoms with van der Waals surface area (Å²) in [5, 5.41) is 0. The highest BCUT2D eigenvalue weighted by Gasteiger charge is 2.22. The Balaban J connectivity index is 2.23. The fourth-order valence-corrected chi connectivity index (χ4v) is 1.50. The number of nitrogens with zero attached hydrogens (tertiary/aromatic N) is 1. The van der Waals surface area contributed by atoms with E-state index in [0.717, 1.165) is 6.54 Å². The summed E-state index contributed by atoms with van der Waals surface area (Å²) in [6, 6.07) is 0. The van der Waals surface area contributed by atoms with Gasteiger partial charge in [-0.25, -0.2) is 0 Å². The highest BCUT2D eigenvalue weighted by molar-refractivity contribution is 5.65. The molecule has 64 valence electrons. The lowest BCUT2D eigenvalue weighted by molar-refractivity contribution is 0.115. The maximum atomic E-state index is 5.27. The van der Waals surface area contributed by atoms with Gasteiger partial charge < -0.3 is 4.74 Å². The second-order valence-electron chi connectivity index (χ2n) is 3.12. The molecule has 0 fully saturated rings. The molecule has 0 radical (unpaired) electrons. The summed E-state index contributed by atoms with van der Waals surface area (Å²) in [5.41, 5.74) is 0. The van der Waals surface area contributed by atoms with Crippen LogP contribution in [0.4, 0.5) is 0 Å². The zero-order valence-electron chi connectivity index (χ0n) is 7.42. The molecule has 0 aromatic rings. The van der Waals surface area contributed by atoms with E-state index in [1.807, 2.05) is 6.21 Å². The van der Waals surface area contributed by atoms with Crippen molar-refractivity contribution in [3.8, 4) is 0 Å². The highest BCUT2D eigenvalue weighted by atomic mass is 16.5. The molecule has 1 heterocycles. The molecule has 0 saturated carbocycles. The summed E-state index contributed by atoms with van der Waals surface area (Å²) in [6.45, 7) is 3.19. The predicted molar refractivity (Wildman–Crippen MR) is 47.2 cm³/mol. The van der Waals surface area contributed by atoms with Crippen LogP contribution in [-0.2, 0) is 4.74 Å². The molecule has 0 saturated heterocycles. The molecule has 0 N–H and O–H groups in total. The zero-order chi connectivity index (χ0) is 8.10. The van der Waals surface area contributed by atoms with Crippen LogP contribution in [0.2, 0.25) is 0 Å². The van der Waals surface area contributed by atoms with Gasteiger partial charge >= 0.3 is 0 Å². The van der Waals surface area contributed by atoms with Gasteiger partial charge in [-0.15, -0.1) is 0 Å². The number of methoxy groups -OCH3 is 1. The van der Waals surface area contributed by atoms with Crippen molar-refractivity contribution in [3.05, 3.63) is 0 Å². The highest BCUT2D eigenvalue weighted by Crippen LogP contribution is 2.18. The third-order valence-corrected chi connectivity index (χ3v) is 2.26. The van der Waals surface area contributed by atoms with Crippen LogP contribution in [0.3, 0.4) is 0 Å². The van der Waals surface area contributed by atoms with Crippen LogP contribution in [0, 0.1) is 5.92 Å². The van der Waals surface area contributed by atoms with Gasteiger partial charge in [0.15, 0.2) is 0 Å².